The maximum Gasteiger partial charge on any atom is 0.238 e. The van der Waals surface area contributed by atoms with Crippen LogP contribution in [0.3, 0.4) is 0 Å². The molecule has 11 rings (SSSR count). The number of benzene rings is 6. The van der Waals surface area contributed by atoms with Gasteiger partial charge in [-0.2, -0.15) is 9.97 Å². The zero-order valence-corrected chi connectivity index (χ0v) is 30.8. The summed E-state index contributed by atoms with van der Waals surface area (Å²) in [6.45, 7) is 0. The molecule has 56 heavy (non-hydrogen) atoms. The molecule has 9 aromatic rings. The number of rotatable bonds is 6. The van der Waals surface area contributed by atoms with Gasteiger partial charge >= 0.3 is 0 Å². The molecule has 0 saturated heterocycles. The molecule has 2 aliphatic carbocycles. The second kappa shape index (κ2) is 13.3. The molecule has 3 aromatic heterocycles. The fourth-order valence-electron chi connectivity index (χ4n) is 8.72. The quantitative estimate of drug-likeness (QED) is 0.172. The summed E-state index contributed by atoms with van der Waals surface area (Å²) in [5.41, 5.74) is 13.1. The molecule has 266 valence electrons. The molecule has 3 heterocycles. The van der Waals surface area contributed by atoms with Crippen LogP contribution < -0.4 is 0 Å². The van der Waals surface area contributed by atoms with Gasteiger partial charge in [0.25, 0.3) is 0 Å². The molecule has 5 heteroatoms. The molecule has 0 spiro atoms. The van der Waals surface area contributed by atoms with E-state index in [4.69, 9.17) is 15.0 Å². The number of nitrogens with zero attached hydrogens (tertiary/aromatic N) is 5. The third kappa shape index (κ3) is 5.43. The fraction of sp³-hybridized carbons (Fsp3) is 0.0784. The predicted molar refractivity (Wildman–Crippen MR) is 231 cm³/mol. The molecular formula is C51H37N5. The molecule has 2 aliphatic rings. The van der Waals surface area contributed by atoms with Crippen LogP contribution in [0.2, 0.25) is 0 Å². The van der Waals surface area contributed by atoms with Crippen molar-refractivity contribution in [1.82, 2.24) is 24.1 Å². The summed E-state index contributed by atoms with van der Waals surface area (Å²) < 4.78 is 4.79. The lowest BCUT2D eigenvalue weighted by Gasteiger charge is -2.23. The van der Waals surface area contributed by atoms with Crippen molar-refractivity contribution >= 4 is 44.4 Å². The zero-order chi connectivity index (χ0) is 37.0. The first-order chi connectivity index (χ1) is 27.8. The van der Waals surface area contributed by atoms with Crippen LogP contribution in [0, 0.1) is 0 Å². The number of hydrogen-bond acceptors (Lipinski definition) is 3. The molecule has 0 fully saturated rings. The van der Waals surface area contributed by atoms with E-state index in [1.165, 1.54) is 44.4 Å². The van der Waals surface area contributed by atoms with Crippen molar-refractivity contribution in [3.05, 3.63) is 193 Å². The van der Waals surface area contributed by atoms with E-state index in [0.29, 0.717) is 17.6 Å². The van der Waals surface area contributed by atoms with Gasteiger partial charge in [0.15, 0.2) is 11.6 Å². The minimum absolute atomic E-state index is 0.286. The predicted octanol–water partition coefficient (Wildman–Crippen LogP) is 12.5. The van der Waals surface area contributed by atoms with Crippen molar-refractivity contribution in [3.8, 4) is 39.9 Å². The Balaban J connectivity index is 1.03. The Kier molecular flexibility index (Phi) is 7.69. The van der Waals surface area contributed by atoms with E-state index in [1.807, 2.05) is 36.4 Å². The van der Waals surface area contributed by atoms with Crippen LogP contribution in [0.15, 0.2) is 176 Å². The SMILES string of the molecule is C1=Cc2c(n(C3C=CC(c4ccccc4)=CC3)c3ccc(-c4ccc5c(c4)c4ccccc4n5-c4nc(-c5ccccc5)nc(-c5ccccc5)n4)cc23)CC1. The highest BCUT2D eigenvalue weighted by atomic mass is 15.2. The van der Waals surface area contributed by atoms with Gasteiger partial charge in [0, 0.05) is 44.1 Å². The maximum atomic E-state index is 5.11. The summed E-state index contributed by atoms with van der Waals surface area (Å²) in [6.07, 6.45) is 14.9. The van der Waals surface area contributed by atoms with Gasteiger partial charge in [0.1, 0.15) is 0 Å². The van der Waals surface area contributed by atoms with Crippen LogP contribution in [0.1, 0.15) is 35.7 Å². The van der Waals surface area contributed by atoms with Crippen molar-refractivity contribution in [2.24, 2.45) is 0 Å². The van der Waals surface area contributed by atoms with Gasteiger partial charge in [-0.1, -0.05) is 152 Å². The lowest BCUT2D eigenvalue weighted by molar-refractivity contribution is 0.600. The first kappa shape index (κ1) is 32.3. The smallest absolute Gasteiger partial charge is 0.238 e. The third-order valence-corrected chi connectivity index (χ3v) is 11.4. The molecule has 0 radical (unpaired) electrons. The maximum absolute atomic E-state index is 5.11. The highest BCUT2D eigenvalue weighted by molar-refractivity contribution is 6.10. The van der Waals surface area contributed by atoms with Crippen molar-refractivity contribution in [1.29, 1.82) is 0 Å². The lowest BCUT2D eigenvalue weighted by Crippen LogP contribution is -2.12. The molecule has 0 bridgehead atoms. The molecule has 0 saturated carbocycles. The Morgan fingerprint density at radius 2 is 1.11 bits per heavy atom. The van der Waals surface area contributed by atoms with E-state index in [-0.39, 0.29) is 6.04 Å². The molecule has 6 aromatic carbocycles. The monoisotopic (exact) mass is 719 g/mol. The van der Waals surface area contributed by atoms with E-state index in [2.05, 4.69) is 155 Å². The van der Waals surface area contributed by atoms with Crippen LogP contribution in [-0.4, -0.2) is 24.1 Å². The molecule has 0 amide bonds. The minimum atomic E-state index is 0.286. The van der Waals surface area contributed by atoms with E-state index < -0.39 is 0 Å². The van der Waals surface area contributed by atoms with Crippen molar-refractivity contribution in [2.45, 2.75) is 25.3 Å². The first-order valence-electron chi connectivity index (χ1n) is 19.4. The highest BCUT2D eigenvalue weighted by Gasteiger charge is 2.24. The Hall–Kier alpha value is -7.11. The van der Waals surface area contributed by atoms with Gasteiger partial charge in [0.2, 0.25) is 5.95 Å². The Bertz CT molecular complexity index is 2980. The first-order valence-corrected chi connectivity index (χ1v) is 19.4. The van der Waals surface area contributed by atoms with Crippen LogP contribution in [0.25, 0.3) is 84.2 Å². The number of fused-ring (bicyclic) bond motifs is 6. The highest BCUT2D eigenvalue weighted by Crippen LogP contribution is 2.41. The van der Waals surface area contributed by atoms with E-state index in [9.17, 15) is 0 Å². The largest absolute Gasteiger partial charge is 0.337 e. The van der Waals surface area contributed by atoms with Gasteiger partial charge in [-0.05, 0) is 71.9 Å². The topological polar surface area (TPSA) is 48.5 Å². The molecule has 5 nitrogen and oxygen atoms in total. The summed E-state index contributed by atoms with van der Waals surface area (Å²) in [5, 5.41) is 3.63. The second-order valence-electron chi connectivity index (χ2n) is 14.7. The molecule has 0 N–H and O–H groups in total. The van der Waals surface area contributed by atoms with Gasteiger partial charge in [-0.15, -0.1) is 0 Å². The van der Waals surface area contributed by atoms with Crippen molar-refractivity contribution < 1.29 is 0 Å². The van der Waals surface area contributed by atoms with E-state index in [0.717, 1.165) is 52.2 Å². The van der Waals surface area contributed by atoms with Gasteiger partial charge < -0.3 is 4.57 Å². The number of aromatic nitrogens is 5. The van der Waals surface area contributed by atoms with Gasteiger partial charge in [-0.3, -0.25) is 4.57 Å². The lowest BCUT2D eigenvalue weighted by atomic mass is 9.96. The van der Waals surface area contributed by atoms with Gasteiger partial charge in [-0.25, -0.2) is 4.98 Å². The van der Waals surface area contributed by atoms with Crippen molar-refractivity contribution in [3.63, 3.8) is 0 Å². The van der Waals surface area contributed by atoms with Crippen LogP contribution >= 0.6 is 0 Å². The zero-order valence-electron chi connectivity index (χ0n) is 30.8. The standard InChI is InChI=1S/C51H37N5/c1-4-14-34(15-5-1)35-24-28-40(29-25-35)55-45-22-12-10-20-41(45)43-32-38(26-30-47(43)55)39-27-31-48-44(33-39)42-21-11-13-23-46(42)56(48)51-53-49(36-16-6-2-7-17-36)52-50(54-51)37-18-8-3-9-19-37/h1-11,13-21,23-28,30-33,40H,12,22,29H2. The molecule has 1 unspecified atom stereocenters. The normalized spacial score (nSPS) is 15.1. The summed E-state index contributed by atoms with van der Waals surface area (Å²) in [7, 11) is 0. The summed E-state index contributed by atoms with van der Waals surface area (Å²) >= 11 is 0. The summed E-state index contributed by atoms with van der Waals surface area (Å²) in [6, 6.07) is 53.7. The third-order valence-electron chi connectivity index (χ3n) is 11.4. The minimum Gasteiger partial charge on any atom is -0.337 e. The molecule has 1 atom stereocenters. The van der Waals surface area contributed by atoms with Gasteiger partial charge in [0.05, 0.1) is 17.1 Å². The number of para-hydroxylation sites is 1. The van der Waals surface area contributed by atoms with Crippen LogP contribution in [0.4, 0.5) is 0 Å². The fourth-order valence-corrected chi connectivity index (χ4v) is 8.72. The second-order valence-corrected chi connectivity index (χ2v) is 14.7. The number of hydrogen-bond donors (Lipinski definition) is 0. The Morgan fingerprint density at radius 1 is 0.500 bits per heavy atom. The summed E-state index contributed by atoms with van der Waals surface area (Å²) in [4.78, 5) is 15.2. The average molecular weight is 720 g/mol. The molecule has 0 aliphatic heterocycles. The Morgan fingerprint density at radius 3 is 1.79 bits per heavy atom. The van der Waals surface area contributed by atoms with E-state index >= 15 is 0 Å². The average Bonchev–Trinajstić information content (AvgIpc) is 3.79. The summed E-state index contributed by atoms with van der Waals surface area (Å²) in [5.74, 6) is 1.89. The van der Waals surface area contributed by atoms with Crippen molar-refractivity contribution in [2.75, 3.05) is 0 Å². The van der Waals surface area contributed by atoms with Crippen LogP contribution in [-0.2, 0) is 6.42 Å². The molecular weight excluding hydrogens is 683 g/mol. The Labute approximate surface area is 325 Å². The van der Waals surface area contributed by atoms with Crippen LogP contribution in [0.5, 0.6) is 0 Å². The number of allylic oxidation sites excluding steroid dienone is 5. The van der Waals surface area contributed by atoms with E-state index in [1.54, 1.807) is 0 Å².